The lowest BCUT2D eigenvalue weighted by atomic mass is 10.1. The van der Waals surface area contributed by atoms with Crippen LogP contribution in [0, 0.1) is 5.41 Å². The van der Waals surface area contributed by atoms with Crippen LogP contribution in [0.25, 0.3) is 5.57 Å². The van der Waals surface area contributed by atoms with Gasteiger partial charge in [0.1, 0.15) is 0 Å². The summed E-state index contributed by atoms with van der Waals surface area (Å²) in [5, 5.41) is 11.2. The van der Waals surface area contributed by atoms with Gasteiger partial charge < -0.3 is 5.41 Å². The molecule has 0 fully saturated rings. The van der Waals surface area contributed by atoms with Crippen molar-refractivity contribution in [1.82, 2.24) is 9.78 Å². The highest BCUT2D eigenvalue weighted by molar-refractivity contribution is 5.70. The van der Waals surface area contributed by atoms with Crippen molar-refractivity contribution in [1.29, 1.82) is 5.41 Å². The minimum atomic E-state index is 0.944. The van der Waals surface area contributed by atoms with Gasteiger partial charge in [-0.2, -0.15) is 5.10 Å². The molecule has 0 amide bonds. The van der Waals surface area contributed by atoms with Crippen LogP contribution < -0.4 is 0 Å². The van der Waals surface area contributed by atoms with Crippen LogP contribution in [-0.2, 0) is 7.05 Å². The monoisotopic (exact) mass is 189 g/mol. The summed E-state index contributed by atoms with van der Waals surface area (Å²) in [6.45, 7) is 2.10. The van der Waals surface area contributed by atoms with Gasteiger partial charge in [0, 0.05) is 19.5 Å². The minimum Gasteiger partial charge on any atom is -0.309 e. The van der Waals surface area contributed by atoms with Gasteiger partial charge in [-0.05, 0) is 24.1 Å². The fourth-order valence-electron chi connectivity index (χ4n) is 1.20. The molecule has 1 rings (SSSR count). The first-order valence-electron chi connectivity index (χ1n) is 4.64. The van der Waals surface area contributed by atoms with Crippen LogP contribution in [0.4, 0.5) is 0 Å². The maximum atomic E-state index is 6.85. The molecule has 1 N–H and O–H groups in total. The first kappa shape index (κ1) is 10.4. The number of nitrogens with one attached hydrogen (secondary N) is 1. The molecule has 14 heavy (non-hydrogen) atoms. The van der Waals surface area contributed by atoms with Gasteiger partial charge in [-0.15, -0.1) is 0 Å². The van der Waals surface area contributed by atoms with E-state index in [0.29, 0.717) is 0 Å². The summed E-state index contributed by atoms with van der Waals surface area (Å²) >= 11 is 0. The molecule has 3 nitrogen and oxygen atoms in total. The summed E-state index contributed by atoms with van der Waals surface area (Å²) in [7, 11) is 1.91. The molecule has 0 aromatic carbocycles. The maximum absolute atomic E-state index is 6.85. The fraction of sp³-hybridized carbons (Fsp3) is 0.273. The van der Waals surface area contributed by atoms with Crippen molar-refractivity contribution >= 4 is 11.8 Å². The highest BCUT2D eigenvalue weighted by Crippen LogP contribution is 2.15. The largest absolute Gasteiger partial charge is 0.309 e. The Morgan fingerprint density at radius 2 is 2.36 bits per heavy atom. The Labute approximate surface area is 84.3 Å². The van der Waals surface area contributed by atoms with Crippen molar-refractivity contribution in [2.45, 2.75) is 13.3 Å². The summed E-state index contributed by atoms with van der Waals surface area (Å²) in [6, 6.07) is 1.99. The number of aromatic nitrogens is 2. The summed E-state index contributed by atoms with van der Waals surface area (Å²) < 4.78 is 1.79. The molecule has 0 bridgehead atoms. The molecule has 1 aromatic heterocycles. The van der Waals surface area contributed by atoms with Crippen LogP contribution in [0.1, 0.15) is 19.0 Å². The zero-order chi connectivity index (χ0) is 10.4. The quantitative estimate of drug-likeness (QED) is 0.573. The molecule has 0 radical (unpaired) electrons. The highest BCUT2D eigenvalue weighted by atomic mass is 15.2. The van der Waals surface area contributed by atoms with E-state index in [9.17, 15) is 0 Å². The van der Waals surface area contributed by atoms with Crippen molar-refractivity contribution in [3.05, 3.63) is 36.2 Å². The van der Waals surface area contributed by atoms with Crippen molar-refractivity contribution in [2.24, 2.45) is 7.05 Å². The number of hydrogen-bond donors (Lipinski definition) is 1. The van der Waals surface area contributed by atoms with Gasteiger partial charge in [-0.1, -0.05) is 19.1 Å². The van der Waals surface area contributed by atoms with E-state index in [0.717, 1.165) is 12.1 Å². The Bertz CT molecular complexity index is 358. The minimum absolute atomic E-state index is 0.944. The molecule has 0 saturated carbocycles. The van der Waals surface area contributed by atoms with E-state index in [-0.39, 0.29) is 0 Å². The normalized spacial score (nSPS) is 12.3. The summed E-state index contributed by atoms with van der Waals surface area (Å²) in [6.07, 6.45) is 9.69. The van der Waals surface area contributed by atoms with Crippen molar-refractivity contribution in [2.75, 3.05) is 0 Å². The number of allylic oxidation sites excluding steroid dienone is 4. The van der Waals surface area contributed by atoms with Crippen LogP contribution in [0.15, 0.2) is 30.5 Å². The lowest BCUT2D eigenvalue weighted by Crippen LogP contribution is -1.90. The molecule has 1 aromatic rings. The first-order chi connectivity index (χ1) is 6.77. The van der Waals surface area contributed by atoms with Gasteiger partial charge in [-0.3, -0.25) is 4.68 Å². The molecule has 0 saturated heterocycles. The molecule has 0 unspecified atom stereocenters. The van der Waals surface area contributed by atoms with E-state index >= 15 is 0 Å². The predicted octanol–water partition coefficient (Wildman–Crippen LogP) is 2.42. The molecule has 0 aliphatic heterocycles. The number of rotatable bonds is 4. The molecule has 1 heterocycles. The van der Waals surface area contributed by atoms with Gasteiger partial charge >= 0.3 is 0 Å². The van der Waals surface area contributed by atoms with Gasteiger partial charge in [0.2, 0.25) is 0 Å². The van der Waals surface area contributed by atoms with Crippen molar-refractivity contribution in [3.8, 4) is 0 Å². The first-order valence-corrected chi connectivity index (χ1v) is 4.64. The zero-order valence-corrected chi connectivity index (χ0v) is 8.57. The third-order valence-electron chi connectivity index (χ3n) is 1.93. The molecule has 0 aliphatic rings. The second-order valence-corrected chi connectivity index (χ2v) is 2.97. The Balaban J connectivity index is 2.86. The van der Waals surface area contributed by atoms with Gasteiger partial charge in [-0.25, -0.2) is 0 Å². The smallest absolute Gasteiger partial charge is 0.0882 e. The molecule has 0 aliphatic carbocycles. The molecule has 0 spiro atoms. The third kappa shape index (κ3) is 2.69. The van der Waals surface area contributed by atoms with Gasteiger partial charge in [0.05, 0.1) is 5.69 Å². The Morgan fingerprint density at radius 3 is 2.86 bits per heavy atom. The molecular formula is C11H15N3. The Morgan fingerprint density at radius 1 is 1.57 bits per heavy atom. The topological polar surface area (TPSA) is 41.7 Å². The SMILES string of the molecule is CC/C(=C\C=C/C=N)c1ccn(C)n1. The molecule has 3 heteroatoms. The Hall–Kier alpha value is -1.64. The number of nitrogens with zero attached hydrogens (tertiary/aromatic N) is 2. The van der Waals surface area contributed by atoms with E-state index in [1.165, 1.54) is 11.8 Å². The summed E-state index contributed by atoms with van der Waals surface area (Å²) in [5.41, 5.74) is 2.19. The van der Waals surface area contributed by atoms with E-state index < -0.39 is 0 Å². The third-order valence-corrected chi connectivity index (χ3v) is 1.93. The average Bonchev–Trinajstić information content (AvgIpc) is 2.60. The van der Waals surface area contributed by atoms with E-state index in [2.05, 4.69) is 12.0 Å². The van der Waals surface area contributed by atoms with E-state index in [1.807, 2.05) is 31.5 Å². The molecular weight excluding hydrogens is 174 g/mol. The number of hydrogen-bond acceptors (Lipinski definition) is 2. The molecule has 74 valence electrons. The van der Waals surface area contributed by atoms with Crippen LogP contribution in [-0.4, -0.2) is 16.0 Å². The van der Waals surface area contributed by atoms with Crippen LogP contribution in [0.2, 0.25) is 0 Å². The van der Waals surface area contributed by atoms with Crippen LogP contribution >= 0.6 is 0 Å². The van der Waals surface area contributed by atoms with Crippen LogP contribution in [0.3, 0.4) is 0 Å². The summed E-state index contributed by atoms with van der Waals surface area (Å²) in [4.78, 5) is 0. The Kier molecular flexibility index (Phi) is 3.85. The van der Waals surface area contributed by atoms with Crippen molar-refractivity contribution in [3.63, 3.8) is 0 Å². The van der Waals surface area contributed by atoms with Crippen LogP contribution in [0.5, 0.6) is 0 Å². The average molecular weight is 189 g/mol. The second-order valence-electron chi connectivity index (χ2n) is 2.97. The standard InChI is InChI=1S/C11H15N3/c1-3-10(6-4-5-8-12)11-7-9-14(2)13-11/h4-9,12H,3H2,1-2H3/b5-4-,10-6+,12-8?. The molecule has 0 atom stereocenters. The lowest BCUT2D eigenvalue weighted by Gasteiger charge is -1.97. The summed E-state index contributed by atoms with van der Waals surface area (Å²) in [5.74, 6) is 0. The van der Waals surface area contributed by atoms with Gasteiger partial charge in [0.15, 0.2) is 0 Å². The highest BCUT2D eigenvalue weighted by Gasteiger charge is 2.00. The van der Waals surface area contributed by atoms with Crippen molar-refractivity contribution < 1.29 is 0 Å². The second kappa shape index (κ2) is 5.17. The zero-order valence-electron chi connectivity index (χ0n) is 8.57. The van der Waals surface area contributed by atoms with E-state index in [4.69, 9.17) is 5.41 Å². The fourth-order valence-corrected chi connectivity index (χ4v) is 1.20. The van der Waals surface area contributed by atoms with E-state index in [1.54, 1.807) is 10.8 Å². The number of aryl methyl sites for hydroxylation is 1. The predicted molar refractivity (Wildman–Crippen MR) is 59.4 cm³/mol. The maximum Gasteiger partial charge on any atom is 0.0882 e. The lowest BCUT2D eigenvalue weighted by molar-refractivity contribution is 0.762. The van der Waals surface area contributed by atoms with Gasteiger partial charge in [0.25, 0.3) is 0 Å².